The maximum Gasteiger partial charge on any atom is 0.348 e. The van der Waals surface area contributed by atoms with Crippen LogP contribution in [0.2, 0.25) is 0 Å². The fourth-order valence-corrected chi connectivity index (χ4v) is 4.04. The monoisotopic (exact) mass is 272 g/mol. The molecule has 5 heteroatoms. The van der Waals surface area contributed by atoms with Gasteiger partial charge in [-0.1, -0.05) is 6.92 Å². The van der Waals surface area contributed by atoms with E-state index in [1.165, 1.54) is 18.3 Å². The van der Waals surface area contributed by atoms with Crippen molar-refractivity contribution in [1.82, 2.24) is 0 Å². The molecule has 0 fully saturated rings. The van der Waals surface area contributed by atoms with Gasteiger partial charge in [-0.3, -0.25) is 4.79 Å². The molecule has 0 unspecified atom stereocenters. The minimum atomic E-state index is -0.333. The highest BCUT2D eigenvalue weighted by molar-refractivity contribution is 8.01. The van der Waals surface area contributed by atoms with E-state index in [1.807, 2.05) is 6.92 Å². The summed E-state index contributed by atoms with van der Waals surface area (Å²) < 4.78 is 5.90. The number of thiophene rings is 1. The van der Waals surface area contributed by atoms with Gasteiger partial charge in [0, 0.05) is 5.56 Å². The number of thioether (sulfide) groups is 1. The number of carbonyl (C=O) groups excluding carboxylic acids is 2. The number of esters is 1. The Kier molecular flexibility index (Phi) is 5.21. The molecule has 0 radical (unpaired) electrons. The number of carbonyl (C=O) groups is 2. The molecular formula is C12H16O3S2. The predicted molar refractivity (Wildman–Crippen MR) is 71.4 cm³/mol. The van der Waals surface area contributed by atoms with Crippen molar-refractivity contribution in [3.8, 4) is 0 Å². The molecule has 1 aromatic rings. The fraction of sp³-hybridized carbons (Fsp3) is 0.500. The third-order valence-corrected chi connectivity index (χ3v) is 4.63. The van der Waals surface area contributed by atoms with Crippen molar-refractivity contribution in [2.75, 3.05) is 12.4 Å². The van der Waals surface area contributed by atoms with Gasteiger partial charge in [0.05, 0.1) is 10.8 Å². The van der Waals surface area contributed by atoms with Gasteiger partial charge in [-0.15, -0.1) is 23.1 Å². The molecule has 17 heavy (non-hydrogen) atoms. The Morgan fingerprint density at radius 2 is 2.00 bits per heavy atom. The summed E-state index contributed by atoms with van der Waals surface area (Å²) in [7, 11) is 0. The molecule has 0 N–H and O–H groups in total. The van der Waals surface area contributed by atoms with Crippen LogP contribution >= 0.6 is 23.1 Å². The minimum absolute atomic E-state index is 0.00486. The summed E-state index contributed by atoms with van der Waals surface area (Å²) in [5, 5.41) is 0. The van der Waals surface area contributed by atoms with Crippen molar-refractivity contribution in [3.05, 3.63) is 16.0 Å². The van der Waals surface area contributed by atoms with Gasteiger partial charge in [0.1, 0.15) is 4.88 Å². The molecule has 0 amide bonds. The van der Waals surface area contributed by atoms with Gasteiger partial charge in [0.2, 0.25) is 0 Å². The van der Waals surface area contributed by atoms with E-state index in [2.05, 4.69) is 0 Å². The normalized spacial score (nSPS) is 10.4. The molecule has 3 nitrogen and oxygen atoms in total. The molecule has 1 rings (SSSR count). The first-order valence-electron chi connectivity index (χ1n) is 5.47. The van der Waals surface area contributed by atoms with Gasteiger partial charge in [-0.2, -0.15) is 0 Å². The summed E-state index contributed by atoms with van der Waals surface area (Å²) in [6.07, 6.45) is 0. The minimum Gasteiger partial charge on any atom is -0.462 e. The first-order valence-corrected chi connectivity index (χ1v) is 7.27. The van der Waals surface area contributed by atoms with Gasteiger partial charge >= 0.3 is 5.97 Å². The van der Waals surface area contributed by atoms with Crippen LogP contribution in [0.1, 0.15) is 46.4 Å². The van der Waals surface area contributed by atoms with Crippen LogP contribution in [0.15, 0.2) is 4.21 Å². The van der Waals surface area contributed by atoms with Crippen LogP contribution in [0.4, 0.5) is 0 Å². The van der Waals surface area contributed by atoms with Crippen LogP contribution in [0.5, 0.6) is 0 Å². The van der Waals surface area contributed by atoms with Crippen molar-refractivity contribution >= 4 is 34.9 Å². The number of rotatable bonds is 5. The average molecular weight is 272 g/mol. The molecule has 0 saturated carbocycles. The molecule has 0 aliphatic carbocycles. The molecule has 0 spiro atoms. The summed E-state index contributed by atoms with van der Waals surface area (Å²) in [6.45, 7) is 7.48. The molecule has 0 bridgehead atoms. The maximum atomic E-state index is 11.7. The third-order valence-electron chi connectivity index (χ3n) is 2.20. The Labute approximate surface area is 110 Å². The summed E-state index contributed by atoms with van der Waals surface area (Å²) in [5.41, 5.74) is 1.42. The molecule has 0 saturated heterocycles. The lowest BCUT2D eigenvalue weighted by Crippen LogP contribution is -2.05. The highest BCUT2D eigenvalue weighted by Crippen LogP contribution is 2.36. The molecule has 1 aromatic heterocycles. The van der Waals surface area contributed by atoms with Crippen molar-refractivity contribution in [3.63, 3.8) is 0 Å². The Morgan fingerprint density at radius 3 is 2.47 bits per heavy atom. The zero-order chi connectivity index (χ0) is 13.0. The van der Waals surface area contributed by atoms with E-state index in [4.69, 9.17) is 4.74 Å². The van der Waals surface area contributed by atoms with E-state index in [1.54, 1.807) is 25.6 Å². The summed E-state index contributed by atoms with van der Waals surface area (Å²) >= 11 is 2.95. The number of hydrogen-bond acceptors (Lipinski definition) is 5. The Hall–Kier alpha value is -0.810. The van der Waals surface area contributed by atoms with E-state index in [0.717, 1.165) is 15.5 Å². The summed E-state index contributed by atoms with van der Waals surface area (Å²) in [5.74, 6) is 0.549. The van der Waals surface area contributed by atoms with Crippen molar-refractivity contribution in [2.24, 2.45) is 0 Å². The van der Waals surface area contributed by atoms with E-state index in [9.17, 15) is 9.59 Å². The molecule has 1 heterocycles. The number of ether oxygens (including phenoxy) is 1. The lowest BCUT2D eigenvalue weighted by Gasteiger charge is -2.00. The highest BCUT2D eigenvalue weighted by atomic mass is 32.2. The fourth-order valence-electron chi connectivity index (χ4n) is 1.52. The first kappa shape index (κ1) is 14.3. The SMILES string of the molecule is CCOC(=O)c1sc(SCC)c(C(C)=O)c1C. The average Bonchev–Trinajstić information content (AvgIpc) is 2.56. The maximum absolute atomic E-state index is 11.7. The second kappa shape index (κ2) is 6.21. The molecule has 0 aliphatic rings. The molecule has 0 aliphatic heterocycles. The van der Waals surface area contributed by atoms with Crippen molar-refractivity contribution in [2.45, 2.75) is 31.9 Å². The van der Waals surface area contributed by atoms with Crippen LogP contribution in [0, 0.1) is 6.92 Å². The zero-order valence-corrected chi connectivity index (χ0v) is 12.1. The number of Topliss-reactive ketones (excluding diaryl/α,β-unsaturated/α-hetero) is 1. The first-order chi connectivity index (χ1) is 8.02. The number of hydrogen-bond donors (Lipinski definition) is 0. The quantitative estimate of drug-likeness (QED) is 0.467. The van der Waals surface area contributed by atoms with Crippen LogP contribution < -0.4 is 0 Å². The molecule has 94 valence electrons. The van der Waals surface area contributed by atoms with Crippen LogP contribution in [0.25, 0.3) is 0 Å². The molecule has 0 atom stereocenters. The van der Waals surface area contributed by atoms with Crippen LogP contribution in [0.3, 0.4) is 0 Å². The van der Waals surface area contributed by atoms with Gasteiger partial charge in [0.15, 0.2) is 5.78 Å². The van der Waals surface area contributed by atoms with Crippen LogP contribution in [-0.2, 0) is 4.74 Å². The highest BCUT2D eigenvalue weighted by Gasteiger charge is 2.23. The van der Waals surface area contributed by atoms with E-state index in [0.29, 0.717) is 17.0 Å². The van der Waals surface area contributed by atoms with E-state index >= 15 is 0 Å². The molecule has 0 aromatic carbocycles. The van der Waals surface area contributed by atoms with E-state index < -0.39 is 0 Å². The Bertz CT molecular complexity index is 435. The van der Waals surface area contributed by atoms with Gasteiger partial charge in [0.25, 0.3) is 0 Å². The summed E-state index contributed by atoms with van der Waals surface area (Å²) in [4.78, 5) is 23.9. The van der Waals surface area contributed by atoms with Crippen LogP contribution in [-0.4, -0.2) is 24.1 Å². The molecular weight excluding hydrogens is 256 g/mol. The standard InChI is InChI=1S/C12H16O3S2/c1-5-15-11(14)10-7(3)9(8(4)13)12(17-10)16-6-2/h5-6H2,1-4H3. The number of ketones is 1. The van der Waals surface area contributed by atoms with E-state index in [-0.39, 0.29) is 11.8 Å². The lowest BCUT2D eigenvalue weighted by molar-refractivity contribution is 0.0531. The second-order valence-electron chi connectivity index (χ2n) is 3.43. The predicted octanol–water partition coefficient (Wildman–Crippen LogP) is 3.55. The largest absolute Gasteiger partial charge is 0.462 e. The van der Waals surface area contributed by atoms with Gasteiger partial charge in [-0.05, 0) is 32.1 Å². The Balaban J connectivity index is 3.21. The zero-order valence-electron chi connectivity index (χ0n) is 10.5. The van der Waals surface area contributed by atoms with Crippen molar-refractivity contribution < 1.29 is 14.3 Å². The second-order valence-corrected chi connectivity index (χ2v) is 5.98. The van der Waals surface area contributed by atoms with Gasteiger partial charge in [-0.25, -0.2) is 4.79 Å². The topological polar surface area (TPSA) is 43.4 Å². The summed E-state index contributed by atoms with van der Waals surface area (Å²) in [6, 6.07) is 0. The lowest BCUT2D eigenvalue weighted by atomic mass is 10.1. The van der Waals surface area contributed by atoms with Crippen molar-refractivity contribution in [1.29, 1.82) is 0 Å². The third kappa shape index (κ3) is 3.10. The van der Waals surface area contributed by atoms with Gasteiger partial charge < -0.3 is 4.74 Å². The smallest absolute Gasteiger partial charge is 0.348 e. The Morgan fingerprint density at radius 1 is 1.35 bits per heavy atom.